The van der Waals surface area contributed by atoms with Crippen molar-refractivity contribution in [3.63, 3.8) is 0 Å². The first-order valence-electron chi connectivity index (χ1n) is 7.30. The van der Waals surface area contributed by atoms with E-state index in [0.29, 0.717) is 23.4 Å². The Labute approximate surface area is 135 Å². The average Bonchev–Trinajstić information content (AvgIpc) is 2.58. The number of hydrogen-bond donors (Lipinski definition) is 1. The van der Waals surface area contributed by atoms with Crippen molar-refractivity contribution >= 4 is 23.5 Å². The van der Waals surface area contributed by atoms with E-state index in [1.165, 1.54) is 11.8 Å². The molecule has 0 unspecified atom stereocenters. The summed E-state index contributed by atoms with van der Waals surface area (Å²) in [7, 11) is 0. The van der Waals surface area contributed by atoms with Crippen molar-refractivity contribution in [1.82, 2.24) is 5.32 Å². The molecule has 0 aromatic heterocycles. The number of carbonyl (C=O) groups excluding carboxylic acids is 2. The van der Waals surface area contributed by atoms with E-state index in [9.17, 15) is 9.59 Å². The lowest BCUT2D eigenvalue weighted by molar-refractivity contribution is 0.0952. The highest BCUT2D eigenvalue weighted by Crippen LogP contribution is 2.20. The molecular formula is C18H19NO2S. The highest BCUT2D eigenvalue weighted by Gasteiger charge is 2.08. The Morgan fingerprint density at radius 2 is 1.73 bits per heavy atom. The fourth-order valence-corrected chi connectivity index (χ4v) is 2.77. The standard InChI is InChI=1S/C18H19NO2S/c1-2-11-19-18(21)15-9-6-10-16(12-15)22-13-17(20)14-7-4-3-5-8-14/h3-10,12H,2,11,13H2,1H3,(H,19,21). The number of nitrogens with one attached hydrogen (secondary N) is 1. The van der Waals surface area contributed by atoms with Crippen LogP contribution in [0.3, 0.4) is 0 Å². The molecule has 0 aliphatic carbocycles. The number of thioether (sulfide) groups is 1. The number of amides is 1. The van der Waals surface area contributed by atoms with Crippen LogP contribution in [0.4, 0.5) is 0 Å². The molecule has 22 heavy (non-hydrogen) atoms. The highest BCUT2D eigenvalue weighted by molar-refractivity contribution is 8.00. The second-order valence-corrected chi connectivity index (χ2v) is 5.91. The van der Waals surface area contributed by atoms with Crippen LogP contribution in [-0.4, -0.2) is 24.0 Å². The molecule has 0 spiro atoms. The third-order valence-corrected chi connectivity index (χ3v) is 4.09. The largest absolute Gasteiger partial charge is 0.352 e. The minimum absolute atomic E-state index is 0.0707. The molecule has 2 aromatic rings. The molecule has 114 valence electrons. The number of carbonyl (C=O) groups is 2. The van der Waals surface area contributed by atoms with Crippen LogP contribution in [0.25, 0.3) is 0 Å². The molecule has 0 saturated heterocycles. The Balaban J connectivity index is 1.96. The van der Waals surface area contributed by atoms with Crippen LogP contribution < -0.4 is 5.32 Å². The Morgan fingerprint density at radius 1 is 1.00 bits per heavy atom. The van der Waals surface area contributed by atoms with Gasteiger partial charge >= 0.3 is 0 Å². The van der Waals surface area contributed by atoms with Crippen molar-refractivity contribution in [3.8, 4) is 0 Å². The summed E-state index contributed by atoms with van der Waals surface area (Å²) >= 11 is 1.45. The van der Waals surface area contributed by atoms with Gasteiger partial charge in [-0.15, -0.1) is 11.8 Å². The lowest BCUT2D eigenvalue weighted by atomic mass is 10.2. The lowest BCUT2D eigenvalue weighted by Crippen LogP contribution is -2.23. The number of benzene rings is 2. The molecule has 0 heterocycles. The minimum Gasteiger partial charge on any atom is -0.352 e. The van der Waals surface area contributed by atoms with Crippen molar-refractivity contribution < 1.29 is 9.59 Å². The Bertz CT molecular complexity index is 641. The van der Waals surface area contributed by atoms with Gasteiger partial charge in [0.15, 0.2) is 5.78 Å². The van der Waals surface area contributed by atoms with E-state index in [-0.39, 0.29) is 11.7 Å². The van der Waals surface area contributed by atoms with Gasteiger partial charge in [0, 0.05) is 22.6 Å². The fourth-order valence-electron chi connectivity index (χ4n) is 1.92. The second kappa shape index (κ2) is 8.39. The molecule has 0 atom stereocenters. The fraction of sp³-hybridized carbons (Fsp3) is 0.222. The summed E-state index contributed by atoms with van der Waals surface area (Å²) in [5.41, 5.74) is 1.34. The number of hydrogen-bond acceptors (Lipinski definition) is 3. The molecule has 0 fully saturated rings. The topological polar surface area (TPSA) is 46.2 Å². The van der Waals surface area contributed by atoms with Gasteiger partial charge in [0.1, 0.15) is 0 Å². The first kappa shape index (κ1) is 16.3. The van der Waals surface area contributed by atoms with Crippen LogP contribution in [0, 0.1) is 0 Å². The summed E-state index contributed by atoms with van der Waals surface area (Å²) in [6.45, 7) is 2.68. The summed E-state index contributed by atoms with van der Waals surface area (Å²) in [4.78, 5) is 24.9. The van der Waals surface area contributed by atoms with E-state index in [2.05, 4.69) is 5.32 Å². The third-order valence-electron chi connectivity index (χ3n) is 3.10. The SMILES string of the molecule is CCCNC(=O)c1cccc(SCC(=O)c2ccccc2)c1. The van der Waals surface area contributed by atoms with Crippen LogP contribution in [0.2, 0.25) is 0 Å². The molecule has 2 aromatic carbocycles. The maximum atomic E-state index is 12.1. The Hall–Kier alpha value is -2.07. The van der Waals surface area contributed by atoms with E-state index in [4.69, 9.17) is 0 Å². The maximum absolute atomic E-state index is 12.1. The van der Waals surface area contributed by atoms with Gasteiger partial charge < -0.3 is 5.32 Å². The molecular weight excluding hydrogens is 294 g/mol. The molecule has 0 aliphatic rings. The normalized spacial score (nSPS) is 10.2. The summed E-state index contributed by atoms with van der Waals surface area (Å²) in [6.07, 6.45) is 0.908. The van der Waals surface area contributed by atoms with Crippen LogP contribution in [0.5, 0.6) is 0 Å². The molecule has 1 amide bonds. The molecule has 0 bridgehead atoms. The van der Waals surface area contributed by atoms with Gasteiger partial charge in [-0.25, -0.2) is 0 Å². The zero-order chi connectivity index (χ0) is 15.8. The molecule has 2 rings (SSSR count). The molecule has 0 radical (unpaired) electrons. The summed E-state index contributed by atoms with van der Waals surface area (Å²) in [6, 6.07) is 16.6. The zero-order valence-electron chi connectivity index (χ0n) is 12.5. The van der Waals surface area contributed by atoms with Gasteiger partial charge in [0.2, 0.25) is 0 Å². The summed E-state index contributed by atoms with van der Waals surface area (Å²) < 4.78 is 0. The molecule has 0 saturated carbocycles. The molecule has 1 N–H and O–H groups in total. The van der Waals surface area contributed by atoms with Gasteiger partial charge in [-0.05, 0) is 24.6 Å². The highest BCUT2D eigenvalue weighted by atomic mass is 32.2. The van der Waals surface area contributed by atoms with E-state index < -0.39 is 0 Å². The van der Waals surface area contributed by atoms with E-state index in [1.54, 1.807) is 6.07 Å². The number of Topliss-reactive ketones (excluding diaryl/α,β-unsaturated/α-hetero) is 1. The third kappa shape index (κ3) is 4.74. The Morgan fingerprint density at radius 3 is 2.45 bits per heavy atom. The van der Waals surface area contributed by atoms with Crippen LogP contribution in [-0.2, 0) is 0 Å². The number of rotatable bonds is 7. The monoisotopic (exact) mass is 313 g/mol. The maximum Gasteiger partial charge on any atom is 0.251 e. The van der Waals surface area contributed by atoms with Crippen molar-refractivity contribution in [2.24, 2.45) is 0 Å². The van der Waals surface area contributed by atoms with E-state index >= 15 is 0 Å². The van der Waals surface area contributed by atoms with Crippen LogP contribution >= 0.6 is 11.8 Å². The van der Waals surface area contributed by atoms with E-state index in [0.717, 1.165) is 11.3 Å². The minimum atomic E-state index is -0.0707. The predicted octanol–water partition coefficient (Wildman–Crippen LogP) is 3.80. The van der Waals surface area contributed by atoms with Crippen molar-refractivity contribution in [1.29, 1.82) is 0 Å². The first-order valence-corrected chi connectivity index (χ1v) is 8.28. The van der Waals surface area contributed by atoms with E-state index in [1.807, 2.05) is 55.5 Å². The quantitative estimate of drug-likeness (QED) is 0.624. The summed E-state index contributed by atoms with van der Waals surface area (Å²) in [5.74, 6) is 0.384. The van der Waals surface area contributed by atoms with Crippen molar-refractivity contribution in [3.05, 3.63) is 65.7 Å². The smallest absolute Gasteiger partial charge is 0.251 e. The zero-order valence-corrected chi connectivity index (χ0v) is 13.4. The van der Waals surface area contributed by atoms with Gasteiger partial charge in [0.25, 0.3) is 5.91 Å². The molecule has 3 nitrogen and oxygen atoms in total. The van der Waals surface area contributed by atoms with Crippen molar-refractivity contribution in [2.45, 2.75) is 18.2 Å². The van der Waals surface area contributed by atoms with Crippen molar-refractivity contribution in [2.75, 3.05) is 12.3 Å². The second-order valence-electron chi connectivity index (χ2n) is 4.86. The number of ketones is 1. The average molecular weight is 313 g/mol. The van der Waals surface area contributed by atoms with Gasteiger partial charge in [0.05, 0.1) is 5.75 Å². The first-order chi connectivity index (χ1) is 10.7. The Kier molecular flexibility index (Phi) is 6.22. The van der Waals surface area contributed by atoms with Gasteiger partial charge in [-0.2, -0.15) is 0 Å². The van der Waals surface area contributed by atoms with Gasteiger partial charge in [-0.1, -0.05) is 43.3 Å². The molecule has 4 heteroatoms. The van der Waals surface area contributed by atoms with Crippen LogP contribution in [0.1, 0.15) is 34.1 Å². The lowest BCUT2D eigenvalue weighted by Gasteiger charge is -2.06. The molecule has 0 aliphatic heterocycles. The summed E-state index contributed by atoms with van der Waals surface area (Å²) in [5, 5.41) is 2.85. The van der Waals surface area contributed by atoms with Crippen LogP contribution in [0.15, 0.2) is 59.5 Å². The van der Waals surface area contributed by atoms with Gasteiger partial charge in [-0.3, -0.25) is 9.59 Å². The predicted molar refractivity (Wildman–Crippen MR) is 90.6 cm³/mol.